The van der Waals surface area contributed by atoms with Gasteiger partial charge in [-0.05, 0) is 43.7 Å². The molecule has 1 amide bonds. The molecule has 2 aliphatic heterocycles. The molecule has 0 aromatic heterocycles. The number of nitrogens with zero attached hydrogens (tertiary/aromatic N) is 2. The zero-order valence-corrected chi connectivity index (χ0v) is 18.2. The largest absolute Gasteiger partial charge is 0.379 e. The van der Waals surface area contributed by atoms with Crippen LogP contribution in [0.25, 0.3) is 0 Å². The maximum Gasteiger partial charge on any atom is 0.240 e. The minimum atomic E-state index is -3.62. The van der Waals surface area contributed by atoms with Crippen molar-refractivity contribution in [2.75, 3.05) is 50.0 Å². The first-order valence-corrected chi connectivity index (χ1v) is 12.2. The molecule has 0 bridgehead atoms. The van der Waals surface area contributed by atoms with Gasteiger partial charge in [0.15, 0.2) is 0 Å². The Morgan fingerprint density at radius 2 is 2.04 bits per heavy atom. The summed E-state index contributed by atoms with van der Waals surface area (Å²) in [6.45, 7) is 7.86. The zero-order valence-electron chi connectivity index (χ0n) is 16.5. The number of hydrogen-bond acceptors (Lipinski definition) is 6. The van der Waals surface area contributed by atoms with Gasteiger partial charge in [-0.2, -0.15) is 0 Å². The predicted molar refractivity (Wildman–Crippen MR) is 111 cm³/mol. The molecular formula is C19H29N3O4S2. The second kappa shape index (κ2) is 9.58. The summed E-state index contributed by atoms with van der Waals surface area (Å²) in [5, 5.41) is 0. The van der Waals surface area contributed by atoms with E-state index in [-0.39, 0.29) is 10.8 Å². The normalized spacial score (nSPS) is 19.7. The first-order valence-electron chi connectivity index (χ1n) is 9.75. The minimum Gasteiger partial charge on any atom is -0.379 e. The molecule has 156 valence electrons. The topological polar surface area (TPSA) is 79.0 Å². The second-order valence-corrected chi connectivity index (χ2v) is 10.1. The van der Waals surface area contributed by atoms with Gasteiger partial charge in [0.05, 0.1) is 23.8 Å². The summed E-state index contributed by atoms with van der Waals surface area (Å²) in [6.07, 6.45) is 1.62. The lowest BCUT2D eigenvalue weighted by Gasteiger charge is -2.32. The number of ether oxygens (including phenoxy) is 1. The fourth-order valence-electron chi connectivity index (χ4n) is 3.54. The lowest BCUT2D eigenvalue weighted by atomic mass is 10.2. The Balaban J connectivity index is 1.67. The number of sulfonamides is 1. The van der Waals surface area contributed by atoms with Crippen LogP contribution in [0, 0.1) is 0 Å². The molecule has 2 heterocycles. The molecule has 1 aromatic rings. The smallest absolute Gasteiger partial charge is 0.240 e. The van der Waals surface area contributed by atoms with Crippen molar-refractivity contribution in [1.29, 1.82) is 0 Å². The lowest BCUT2D eigenvalue weighted by molar-refractivity contribution is -0.116. The highest BCUT2D eigenvalue weighted by atomic mass is 32.2. The van der Waals surface area contributed by atoms with Crippen LogP contribution in [0.1, 0.15) is 26.7 Å². The van der Waals surface area contributed by atoms with Crippen LogP contribution in [0.3, 0.4) is 0 Å². The van der Waals surface area contributed by atoms with E-state index in [1.54, 1.807) is 28.8 Å². The van der Waals surface area contributed by atoms with E-state index in [9.17, 15) is 13.2 Å². The van der Waals surface area contributed by atoms with E-state index in [0.717, 1.165) is 49.8 Å². The number of nitrogens with one attached hydrogen (secondary N) is 1. The van der Waals surface area contributed by atoms with Gasteiger partial charge in [0.1, 0.15) is 0 Å². The molecule has 1 N–H and O–H groups in total. The Kier molecular flexibility index (Phi) is 7.38. The third kappa shape index (κ3) is 5.27. The lowest BCUT2D eigenvalue weighted by Crippen LogP contribution is -2.43. The highest BCUT2D eigenvalue weighted by molar-refractivity contribution is 7.99. The van der Waals surface area contributed by atoms with Gasteiger partial charge >= 0.3 is 0 Å². The summed E-state index contributed by atoms with van der Waals surface area (Å²) in [6, 6.07) is 5.36. The number of thioether (sulfide) groups is 1. The summed E-state index contributed by atoms with van der Waals surface area (Å²) < 4.78 is 33.6. The van der Waals surface area contributed by atoms with Crippen LogP contribution in [-0.4, -0.2) is 70.4 Å². The minimum absolute atomic E-state index is 0.0643. The van der Waals surface area contributed by atoms with Crippen molar-refractivity contribution in [2.45, 2.75) is 42.5 Å². The average molecular weight is 428 g/mol. The van der Waals surface area contributed by atoms with Crippen LogP contribution in [0.15, 0.2) is 28.0 Å². The van der Waals surface area contributed by atoms with Gasteiger partial charge in [0.25, 0.3) is 0 Å². The molecule has 1 aromatic carbocycles. The third-order valence-corrected chi connectivity index (χ3v) is 7.83. The third-order valence-electron chi connectivity index (χ3n) is 5.22. The number of carbonyl (C=O) groups is 1. The van der Waals surface area contributed by atoms with Crippen LogP contribution in [0.2, 0.25) is 0 Å². The molecule has 1 unspecified atom stereocenters. The summed E-state index contributed by atoms with van der Waals surface area (Å²) in [5.41, 5.74) is 0.694. The number of anilines is 1. The van der Waals surface area contributed by atoms with E-state index in [1.807, 2.05) is 6.07 Å². The van der Waals surface area contributed by atoms with E-state index < -0.39 is 10.0 Å². The van der Waals surface area contributed by atoms with Crippen molar-refractivity contribution in [3.05, 3.63) is 18.2 Å². The standard InChI is InChI=1S/C19H29N3O4S2/c1-15(21-9-11-26-12-10-21)6-7-20-28(24,25)17-4-5-19-18(14-17)22(16(2)23)8-3-13-27-19/h4-5,14-15,20H,3,6-13H2,1-2H3. The second-order valence-electron chi connectivity index (χ2n) is 7.19. The van der Waals surface area contributed by atoms with Crippen molar-refractivity contribution in [3.8, 4) is 0 Å². The first-order chi connectivity index (χ1) is 13.4. The van der Waals surface area contributed by atoms with Crippen LogP contribution >= 0.6 is 11.8 Å². The Labute approximate surface area is 171 Å². The molecule has 9 heteroatoms. The highest BCUT2D eigenvalue weighted by Gasteiger charge is 2.23. The van der Waals surface area contributed by atoms with Gasteiger partial charge in [0, 0.05) is 44.0 Å². The van der Waals surface area contributed by atoms with Crippen LogP contribution in [-0.2, 0) is 19.6 Å². The van der Waals surface area contributed by atoms with Gasteiger partial charge in [0.2, 0.25) is 15.9 Å². The number of benzene rings is 1. The van der Waals surface area contributed by atoms with Crippen molar-refractivity contribution in [3.63, 3.8) is 0 Å². The van der Waals surface area contributed by atoms with Crippen LogP contribution < -0.4 is 9.62 Å². The van der Waals surface area contributed by atoms with Gasteiger partial charge in [-0.25, -0.2) is 13.1 Å². The number of morpholine rings is 1. The van der Waals surface area contributed by atoms with E-state index in [1.165, 1.54) is 6.92 Å². The van der Waals surface area contributed by atoms with E-state index in [0.29, 0.717) is 24.8 Å². The van der Waals surface area contributed by atoms with E-state index in [2.05, 4.69) is 16.5 Å². The molecule has 2 aliphatic rings. The maximum absolute atomic E-state index is 12.8. The summed E-state index contributed by atoms with van der Waals surface area (Å²) in [4.78, 5) is 17.2. The fourth-order valence-corrected chi connectivity index (χ4v) is 5.58. The Morgan fingerprint density at radius 3 is 2.75 bits per heavy atom. The Morgan fingerprint density at radius 1 is 1.29 bits per heavy atom. The number of carbonyl (C=O) groups excluding carboxylic acids is 1. The number of fused-ring (bicyclic) bond motifs is 1. The zero-order chi connectivity index (χ0) is 20.1. The van der Waals surface area contributed by atoms with E-state index >= 15 is 0 Å². The molecule has 1 saturated heterocycles. The molecular weight excluding hydrogens is 398 g/mol. The SMILES string of the molecule is CC(=O)N1CCCSc2ccc(S(=O)(=O)NCCC(C)N3CCOCC3)cc21. The molecule has 1 fully saturated rings. The predicted octanol–water partition coefficient (Wildman–Crippen LogP) is 1.92. The molecule has 0 saturated carbocycles. The number of amides is 1. The van der Waals surface area contributed by atoms with Gasteiger partial charge in [-0.3, -0.25) is 9.69 Å². The molecule has 0 spiro atoms. The number of hydrogen-bond donors (Lipinski definition) is 1. The van der Waals surface area contributed by atoms with Gasteiger partial charge in [-0.1, -0.05) is 0 Å². The quantitative estimate of drug-likeness (QED) is 0.747. The summed E-state index contributed by atoms with van der Waals surface area (Å²) in [5.74, 6) is 0.853. The average Bonchev–Trinajstić information content (AvgIpc) is 2.90. The van der Waals surface area contributed by atoms with Crippen LogP contribution in [0.5, 0.6) is 0 Å². The van der Waals surface area contributed by atoms with Gasteiger partial charge in [-0.15, -0.1) is 11.8 Å². The first kappa shape index (κ1) is 21.6. The van der Waals surface area contributed by atoms with Crippen molar-refractivity contribution in [1.82, 2.24) is 9.62 Å². The van der Waals surface area contributed by atoms with Crippen molar-refractivity contribution >= 4 is 33.4 Å². The molecule has 0 radical (unpaired) electrons. The van der Waals surface area contributed by atoms with Crippen LogP contribution in [0.4, 0.5) is 5.69 Å². The van der Waals surface area contributed by atoms with Gasteiger partial charge < -0.3 is 9.64 Å². The Hall–Kier alpha value is -1.13. The van der Waals surface area contributed by atoms with Crippen molar-refractivity contribution in [2.24, 2.45) is 0 Å². The number of rotatable bonds is 6. The summed E-state index contributed by atoms with van der Waals surface area (Å²) in [7, 11) is -3.62. The molecule has 0 aliphatic carbocycles. The molecule has 1 atom stereocenters. The monoisotopic (exact) mass is 427 g/mol. The summed E-state index contributed by atoms with van der Waals surface area (Å²) >= 11 is 1.66. The fraction of sp³-hybridized carbons (Fsp3) is 0.632. The molecule has 7 nitrogen and oxygen atoms in total. The maximum atomic E-state index is 12.8. The Bertz CT molecular complexity index is 794. The highest BCUT2D eigenvalue weighted by Crippen LogP contribution is 2.35. The van der Waals surface area contributed by atoms with Crippen molar-refractivity contribution < 1.29 is 17.9 Å². The molecule has 3 rings (SSSR count). The molecule has 28 heavy (non-hydrogen) atoms. The van der Waals surface area contributed by atoms with E-state index in [4.69, 9.17) is 4.74 Å².